The summed E-state index contributed by atoms with van der Waals surface area (Å²) in [5.74, 6) is 2.41. The number of aryl methyl sites for hydroxylation is 1. The molecule has 94 valence electrons. The van der Waals surface area contributed by atoms with Crippen molar-refractivity contribution in [2.75, 3.05) is 17.7 Å². The topological polar surface area (TPSA) is 75.6 Å². The fourth-order valence-corrected chi connectivity index (χ4v) is 1.48. The van der Waals surface area contributed by atoms with E-state index in [9.17, 15) is 0 Å². The van der Waals surface area contributed by atoms with E-state index in [0.29, 0.717) is 6.54 Å². The lowest BCUT2D eigenvalue weighted by Gasteiger charge is -2.08. The molecule has 18 heavy (non-hydrogen) atoms. The molecular formula is C12H16N6. The van der Waals surface area contributed by atoms with Gasteiger partial charge in [0, 0.05) is 25.7 Å². The molecule has 2 aromatic heterocycles. The van der Waals surface area contributed by atoms with Gasteiger partial charge in [0.1, 0.15) is 17.5 Å². The highest BCUT2D eigenvalue weighted by Crippen LogP contribution is 2.11. The standard InChI is InChI=1S/C12H16N6/c1-3-10-16-11(13-2)7-12(17-10)14-8-9-5-4-6-15-18-9/h4-7H,3,8H2,1-2H3,(H2,13,14,16,17). The van der Waals surface area contributed by atoms with Crippen molar-refractivity contribution in [2.24, 2.45) is 0 Å². The van der Waals surface area contributed by atoms with Gasteiger partial charge in [-0.1, -0.05) is 6.92 Å². The van der Waals surface area contributed by atoms with Crippen LogP contribution in [0, 0.1) is 0 Å². The Kier molecular flexibility index (Phi) is 4.01. The second-order valence-corrected chi connectivity index (χ2v) is 3.73. The summed E-state index contributed by atoms with van der Waals surface area (Å²) < 4.78 is 0. The van der Waals surface area contributed by atoms with Gasteiger partial charge in [-0.15, -0.1) is 0 Å². The van der Waals surface area contributed by atoms with E-state index in [1.807, 2.05) is 32.2 Å². The van der Waals surface area contributed by atoms with Crippen LogP contribution in [0.25, 0.3) is 0 Å². The zero-order valence-electron chi connectivity index (χ0n) is 10.5. The lowest BCUT2D eigenvalue weighted by Crippen LogP contribution is -2.07. The van der Waals surface area contributed by atoms with Gasteiger partial charge in [-0.3, -0.25) is 0 Å². The molecular weight excluding hydrogens is 228 g/mol. The number of hydrogen-bond donors (Lipinski definition) is 2. The lowest BCUT2D eigenvalue weighted by molar-refractivity contribution is 0.903. The molecule has 0 fully saturated rings. The largest absolute Gasteiger partial charge is 0.373 e. The molecule has 6 nitrogen and oxygen atoms in total. The molecule has 0 atom stereocenters. The minimum Gasteiger partial charge on any atom is -0.373 e. The normalized spacial score (nSPS) is 10.1. The van der Waals surface area contributed by atoms with Gasteiger partial charge in [-0.25, -0.2) is 9.97 Å². The first-order valence-corrected chi connectivity index (χ1v) is 5.88. The first kappa shape index (κ1) is 12.2. The number of nitrogens with zero attached hydrogens (tertiary/aromatic N) is 4. The van der Waals surface area contributed by atoms with Crippen LogP contribution < -0.4 is 10.6 Å². The number of anilines is 2. The third-order valence-electron chi connectivity index (χ3n) is 2.42. The molecule has 2 rings (SSSR count). The molecule has 2 heterocycles. The number of nitrogens with one attached hydrogen (secondary N) is 2. The Labute approximate surface area is 106 Å². The highest BCUT2D eigenvalue weighted by molar-refractivity contribution is 5.47. The van der Waals surface area contributed by atoms with E-state index < -0.39 is 0 Å². The average Bonchev–Trinajstić information content (AvgIpc) is 2.45. The molecule has 0 radical (unpaired) electrons. The van der Waals surface area contributed by atoms with Crippen LogP contribution in [0.5, 0.6) is 0 Å². The van der Waals surface area contributed by atoms with Gasteiger partial charge < -0.3 is 10.6 Å². The summed E-state index contributed by atoms with van der Waals surface area (Å²) in [4.78, 5) is 8.74. The van der Waals surface area contributed by atoms with Crippen LogP contribution in [-0.4, -0.2) is 27.2 Å². The van der Waals surface area contributed by atoms with Gasteiger partial charge >= 0.3 is 0 Å². The third kappa shape index (κ3) is 3.13. The minimum atomic E-state index is 0.594. The summed E-state index contributed by atoms with van der Waals surface area (Å²) in [6.45, 7) is 2.62. The van der Waals surface area contributed by atoms with Crippen LogP contribution in [-0.2, 0) is 13.0 Å². The second kappa shape index (κ2) is 5.90. The fraction of sp³-hybridized carbons (Fsp3) is 0.333. The van der Waals surface area contributed by atoms with Crippen LogP contribution in [0.4, 0.5) is 11.6 Å². The minimum absolute atomic E-state index is 0.594. The summed E-state index contributed by atoms with van der Waals surface area (Å²) in [6, 6.07) is 5.65. The molecule has 0 saturated heterocycles. The van der Waals surface area contributed by atoms with Crippen LogP contribution in [0.15, 0.2) is 24.4 Å². The van der Waals surface area contributed by atoms with E-state index in [-0.39, 0.29) is 0 Å². The second-order valence-electron chi connectivity index (χ2n) is 3.73. The van der Waals surface area contributed by atoms with Gasteiger partial charge in [-0.05, 0) is 12.1 Å². The Bertz CT molecular complexity index is 477. The van der Waals surface area contributed by atoms with Gasteiger partial charge in [0.2, 0.25) is 0 Å². The Balaban J connectivity index is 2.09. The zero-order chi connectivity index (χ0) is 12.8. The van der Waals surface area contributed by atoms with Gasteiger partial charge in [0.15, 0.2) is 0 Å². The summed E-state index contributed by atoms with van der Waals surface area (Å²) in [6.07, 6.45) is 2.46. The lowest BCUT2D eigenvalue weighted by atomic mass is 10.3. The Hall–Kier alpha value is -2.24. The Morgan fingerprint density at radius 3 is 2.72 bits per heavy atom. The first-order valence-electron chi connectivity index (χ1n) is 5.88. The third-order valence-corrected chi connectivity index (χ3v) is 2.42. The van der Waals surface area contributed by atoms with Crippen molar-refractivity contribution >= 4 is 11.6 Å². The Morgan fingerprint density at radius 2 is 2.06 bits per heavy atom. The maximum atomic E-state index is 4.40. The van der Waals surface area contributed by atoms with E-state index in [4.69, 9.17) is 0 Å². The van der Waals surface area contributed by atoms with Crippen molar-refractivity contribution in [3.8, 4) is 0 Å². The van der Waals surface area contributed by atoms with Gasteiger partial charge in [-0.2, -0.15) is 10.2 Å². The molecule has 2 aromatic rings. The van der Waals surface area contributed by atoms with E-state index >= 15 is 0 Å². The molecule has 0 aliphatic heterocycles. The van der Waals surface area contributed by atoms with Gasteiger partial charge in [0.25, 0.3) is 0 Å². The summed E-state index contributed by atoms with van der Waals surface area (Å²) >= 11 is 0. The van der Waals surface area contributed by atoms with Gasteiger partial charge in [0.05, 0.1) is 12.2 Å². The molecule has 0 amide bonds. The summed E-state index contributed by atoms with van der Waals surface area (Å²) in [5.41, 5.74) is 0.875. The molecule has 6 heteroatoms. The Morgan fingerprint density at radius 1 is 1.22 bits per heavy atom. The first-order chi connectivity index (χ1) is 8.81. The quantitative estimate of drug-likeness (QED) is 0.829. The predicted octanol–water partition coefficient (Wildman–Crippen LogP) is 1.48. The molecule has 0 aliphatic rings. The molecule has 0 saturated carbocycles. The van der Waals surface area contributed by atoms with E-state index in [1.165, 1.54) is 0 Å². The van der Waals surface area contributed by atoms with Crippen LogP contribution >= 0.6 is 0 Å². The fourth-order valence-electron chi connectivity index (χ4n) is 1.48. The number of hydrogen-bond acceptors (Lipinski definition) is 6. The maximum absolute atomic E-state index is 4.40. The smallest absolute Gasteiger partial charge is 0.132 e. The highest BCUT2D eigenvalue weighted by atomic mass is 15.1. The van der Waals surface area contributed by atoms with Crippen molar-refractivity contribution in [1.82, 2.24) is 20.2 Å². The number of aromatic nitrogens is 4. The van der Waals surface area contributed by atoms with Crippen molar-refractivity contribution in [1.29, 1.82) is 0 Å². The van der Waals surface area contributed by atoms with Crippen molar-refractivity contribution in [2.45, 2.75) is 19.9 Å². The molecule has 0 bridgehead atoms. The maximum Gasteiger partial charge on any atom is 0.132 e. The van der Waals surface area contributed by atoms with Crippen molar-refractivity contribution < 1.29 is 0 Å². The molecule has 2 N–H and O–H groups in total. The molecule has 0 unspecified atom stereocenters. The zero-order valence-corrected chi connectivity index (χ0v) is 10.5. The number of rotatable bonds is 5. The van der Waals surface area contributed by atoms with E-state index in [2.05, 4.69) is 30.8 Å². The van der Waals surface area contributed by atoms with Crippen molar-refractivity contribution in [3.63, 3.8) is 0 Å². The monoisotopic (exact) mass is 244 g/mol. The summed E-state index contributed by atoms with van der Waals surface area (Å²) in [5, 5.41) is 14.1. The highest BCUT2D eigenvalue weighted by Gasteiger charge is 2.02. The molecule has 0 aromatic carbocycles. The molecule has 0 aliphatic carbocycles. The van der Waals surface area contributed by atoms with E-state index in [0.717, 1.165) is 29.6 Å². The SMILES string of the molecule is CCc1nc(NC)cc(NCc2cccnn2)n1. The van der Waals surface area contributed by atoms with Crippen molar-refractivity contribution in [3.05, 3.63) is 35.9 Å². The van der Waals surface area contributed by atoms with Crippen LogP contribution in [0.1, 0.15) is 18.4 Å². The predicted molar refractivity (Wildman–Crippen MR) is 70.3 cm³/mol. The molecule has 0 spiro atoms. The van der Waals surface area contributed by atoms with Crippen LogP contribution in [0.2, 0.25) is 0 Å². The summed E-state index contributed by atoms with van der Waals surface area (Å²) in [7, 11) is 1.84. The average molecular weight is 244 g/mol. The van der Waals surface area contributed by atoms with E-state index in [1.54, 1.807) is 6.20 Å². The van der Waals surface area contributed by atoms with Crippen LogP contribution in [0.3, 0.4) is 0 Å².